The highest BCUT2D eigenvalue weighted by Gasteiger charge is 2.09. The first kappa shape index (κ1) is 17.1. The Morgan fingerprint density at radius 1 is 1.26 bits per heavy atom. The third-order valence-corrected chi connectivity index (χ3v) is 2.32. The highest BCUT2D eigenvalue weighted by Crippen LogP contribution is 2.07. The van der Waals surface area contributed by atoms with Crippen molar-refractivity contribution in [3.63, 3.8) is 0 Å². The van der Waals surface area contributed by atoms with Gasteiger partial charge in [-0.05, 0) is 43.7 Å². The lowest BCUT2D eigenvalue weighted by Gasteiger charge is -2.03. The Morgan fingerprint density at radius 2 is 1.84 bits per heavy atom. The van der Waals surface area contributed by atoms with Crippen LogP contribution in [0.25, 0.3) is 0 Å². The van der Waals surface area contributed by atoms with Crippen molar-refractivity contribution in [2.24, 2.45) is 11.5 Å². The standard InChI is InChI=1S/C7H6O2.C6H14N2O2/c8-5-6-1-3-7(9)4-2-6;7-4-2-1-3-5(8)6(9)10/h1-5,9H;5H,1-4,7-8H2,(H,9,10)/t;5-/m.0/s1. The molecule has 0 aliphatic heterocycles. The zero-order valence-electron chi connectivity index (χ0n) is 10.7. The van der Waals surface area contributed by atoms with Gasteiger partial charge in [-0.1, -0.05) is 6.42 Å². The number of carboxylic acids is 1. The minimum absolute atomic E-state index is 0.181. The maximum atomic E-state index is 10.1. The van der Waals surface area contributed by atoms with Crippen molar-refractivity contribution in [3.05, 3.63) is 29.8 Å². The number of aliphatic carboxylic acids is 1. The molecule has 0 aromatic heterocycles. The quantitative estimate of drug-likeness (QED) is 0.445. The Kier molecular flexibility index (Phi) is 9.03. The van der Waals surface area contributed by atoms with Crippen molar-refractivity contribution in [1.29, 1.82) is 0 Å². The molecule has 0 unspecified atom stereocenters. The summed E-state index contributed by atoms with van der Waals surface area (Å²) in [6.07, 6.45) is 2.90. The smallest absolute Gasteiger partial charge is 0.320 e. The average Bonchev–Trinajstić information content (AvgIpc) is 2.40. The van der Waals surface area contributed by atoms with Crippen molar-refractivity contribution >= 4 is 12.3 Å². The number of unbranched alkanes of at least 4 members (excludes halogenated alkanes) is 1. The minimum Gasteiger partial charge on any atom is -0.508 e. The number of phenols is 1. The number of nitrogens with two attached hydrogens (primary N) is 2. The molecule has 0 spiro atoms. The van der Waals surface area contributed by atoms with Gasteiger partial charge in [-0.2, -0.15) is 0 Å². The molecule has 0 amide bonds. The first-order valence-electron chi connectivity index (χ1n) is 5.94. The van der Waals surface area contributed by atoms with E-state index in [1.54, 1.807) is 12.1 Å². The van der Waals surface area contributed by atoms with Crippen LogP contribution in [0, 0.1) is 0 Å². The fourth-order valence-electron chi connectivity index (χ4n) is 1.18. The van der Waals surface area contributed by atoms with E-state index in [1.807, 2.05) is 0 Å². The molecule has 6 N–H and O–H groups in total. The topological polar surface area (TPSA) is 127 Å². The third-order valence-electron chi connectivity index (χ3n) is 2.32. The second-order valence-corrected chi connectivity index (χ2v) is 3.94. The monoisotopic (exact) mass is 268 g/mol. The number of rotatable bonds is 6. The van der Waals surface area contributed by atoms with E-state index >= 15 is 0 Å². The van der Waals surface area contributed by atoms with Crippen molar-refractivity contribution in [3.8, 4) is 5.75 Å². The van der Waals surface area contributed by atoms with Crippen LogP contribution in [-0.4, -0.2) is 35.1 Å². The highest BCUT2D eigenvalue weighted by molar-refractivity contribution is 5.74. The number of carbonyl (C=O) groups is 2. The van der Waals surface area contributed by atoms with Crippen LogP contribution in [0.2, 0.25) is 0 Å². The summed E-state index contributed by atoms with van der Waals surface area (Å²) in [5.74, 6) is -0.752. The molecule has 0 heterocycles. The Hall–Kier alpha value is -1.92. The van der Waals surface area contributed by atoms with E-state index < -0.39 is 12.0 Å². The second-order valence-electron chi connectivity index (χ2n) is 3.94. The number of carbonyl (C=O) groups excluding carboxylic acids is 1. The number of carboxylic acid groups (broad SMARTS) is 1. The molecule has 0 saturated heterocycles. The minimum atomic E-state index is -0.933. The molecule has 0 fully saturated rings. The number of hydrogen-bond donors (Lipinski definition) is 4. The van der Waals surface area contributed by atoms with Crippen LogP contribution in [0.15, 0.2) is 24.3 Å². The number of benzene rings is 1. The lowest BCUT2D eigenvalue weighted by molar-refractivity contribution is -0.138. The van der Waals surface area contributed by atoms with E-state index in [1.165, 1.54) is 12.1 Å². The van der Waals surface area contributed by atoms with Crippen LogP contribution in [-0.2, 0) is 4.79 Å². The lowest BCUT2D eigenvalue weighted by Crippen LogP contribution is -2.29. The van der Waals surface area contributed by atoms with E-state index in [2.05, 4.69) is 0 Å². The number of aldehydes is 1. The van der Waals surface area contributed by atoms with Gasteiger partial charge in [0.2, 0.25) is 0 Å². The molecule has 0 aliphatic rings. The zero-order valence-corrected chi connectivity index (χ0v) is 10.7. The SMILES string of the molecule is NCCCC[C@H](N)C(=O)O.O=Cc1ccc(O)cc1. The maximum Gasteiger partial charge on any atom is 0.320 e. The number of aromatic hydroxyl groups is 1. The summed E-state index contributed by atoms with van der Waals surface area (Å²) in [6.45, 7) is 0.604. The molecule has 1 atom stereocenters. The van der Waals surface area contributed by atoms with Crippen LogP contribution in [0.4, 0.5) is 0 Å². The Labute approximate surface area is 112 Å². The van der Waals surface area contributed by atoms with Gasteiger partial charge in [0.15, 0.2) is 0 Å². The number of phenolic OH excluding ortho intramolecular Hbond substituents is 1. The van der Waals surface area contributed by atoms with Gasteiger partial charge >= 0.3 is 5.97 Å². The van der Waals surface area contributed by atoms with E-state index in [-0.39, 0.29) is 5.75 Å². The predicted octanol–water partition coefficient (Wildman–Crippen LogP) is 0.732. The van der Waals surface area contributed by atoms with Gasteiger partial charge in [-0.3, -0.25) is 9.59 Å². The largest absolute Gasteiger partial charge is 0.508 e. The summed E-state index contributed by atoms with van der Waals surface area (Å²) in [4.78, 5) is 20.2. The average molecular weight is 268 g/mol. The molecule has 106 valence electrons. The first-order chi connectivity index (χ1) is 9.01. The van der Waals surface area contributed by atoms with E-state index in [4.69, 9.17) is 21.7 Å². The summed E-state index contributed by atoms with van der Waals surface area (Å²) in [6, 6.07) is 5.35. The normalized spacial score (nSPS) is 11.1. The molecule has 6 heteroatoms. The van der Waals surface area contributed by atoms with E-state index in [0.717, 1.165) is 19.1 Å². The summed E-state index contributed by atoms with van der Waals surface area (Å²) in [5.41, 5.74) is 11.0. The summed E-state index contributed by atoms with van der Waals surface area (Å²) in [7, 11) is 0. The molecular weight excluding hydrogens is 248 g/mol. The summed E-state index contributed by atoms with van der Waals surface area (Å²) in [5, 5.41) is 17.1. The molecule has 1 aromatic rings. The molecule has 19 heavy (non-hydrogen) atoms. The molecule has 0 saturated carbocycles. The molecular formula is C13H20N2O4. The Bertz CT molecular complexity index is 379. The lowest BCUT2D eigenvalue weighted by atomic mass is 10.1. The van der Waals surface area contributed by atoms with Crippen molar-refractivity contribution < 1.29 is 19.8 Å². The maximum absolute atomic E-state index is 10.1. The molecule has 0 bridgehead atoms. The highest BCUT2D eigenvalue weighted by atomic mass is 16.4. The van der Waals surface area contributed by atoms with E-state index in [9.17, 15) is 9.59 Å². The van der Waals surface area contributed by atoms with Crippen LogP contribution < -0.4 is 11.5 Å². The van der Waals surface area contributed by atoms with Crippen LogP contribution in [0.3, 0.4) is 0 Å². The second kappa shape index (κ2) is 10.0. The van der Waals surface area contributed by atoms with Gasteiger partial charge < -0.3 is 21.7 Å². The van der Waals surface area contributed by atoms with Gasteiger partial charge in [0.05, 0.1) is 0 Å². The molecule has 1 rings (SSSR count). The predicted molar refractivity (Wildman–Crippen MR) is 72.0 cm³/mol. The summed E-state index contributed by atoms with van der Waals surface area (Å²) < 4.78 is 0. The van der Waals surface area contributed by atoms with Gasteiger partial charge in [0, 0.05) is 5.56 Å². The van der Waals surface area contributed by atoms with Crippen LogP contribution >= 0.6 is 0 Å². The van der Waals surface area contributed by atoms with Crippen molar-refractivity contribution in [1.82, 2.24) is 0 Å². The van der Waals surface area contributed by atoms with Crippen molar-refractivity contribution in [2.45, 2.75) is 25.3 Å². The number of hydrogen-bond acceptors (Lipinski definition) is 5. The zero-order chi connectivity index (χ0) is 14.7. The Morgan fingerprint density at radius 3 is 2.26 bits per heavy atom. The fraction of sp³-hybridized carbons (Fsp3) is 0.385. The van der Waals surface area contributed by atoms with Gasteiger partial charge in [0.1, 0.15) is 18.1 Å². The van der Waals surface area contributed by atoms with Gasteiger partial charge in [-0.25, -0.2) is 0 Å². The third kappa shape index (κ3) is 8.76. The fourth-order valence-corrected chi connectivity index (χ4v) is 1.18. The van der Waals surface area contributed by atoms with Gasteiger partial charge in [-0.15, -0.1) is 0 Å². The molecule has 6 nitrogen and oxygen atoms in total. The van der Waals surface area contributed by atoms with Crippen LogP contribution in [0.5, 0.6) is 5.75 Å². The van der Waals surface area contributed by atoms with Crippen molar-refractivity contribution in [2.75, 3.05) is 6.54 Å². The van der Waals surface area contributed by atoms with Crippen LogP contribution in [0.1, 0.15) is 29.6 Å². The first-order valence-corrected chi connectivity index (χ1v) is 5.94. The van der Waals surface area contributed by atoms with E-state index in [0.29, 0.717) is 18.5 Å². The molecule has 0 aliphatic carbocycles. The van der Waals surface area contributed by atoms with Gasteiger partial charge in [0.25, 0.3) is 0 Å². The Balaban J connectivity index is 0.000000342. The molecule has 0 radical (unpaired) electrons. The summed E-state index contributed by atoms with van der Waals surface area (Å²) >= 11 is 0. The molecule has 1 aromatic carbocycles.